The summed E-state index contributed by atoms with van der Waals surface area (Å²) in [6.07, 6.45) is 3.54. The highest BCUT2D eigenvalue weighted by atomic mass is 32.2. The zero-order chi connectivity index (χ0) is 21.1. The first-order chi connectivity index (χ1) is 14.4. The van der Waals surface area contributed by atoms with Gasteiger partial charge in [0.05, 0.1) is 4.90 Å². The molecule has 1 aliphatic rings. The molecule has 0 aliphatic carbocycles. The summed E-state index contributed by atoms with van der Waals surface area (Å²) in [5.74, 6) is 1.41. The number of aromatic nitrogens is 3. The average Bonchev–Trinajstić information content (AvgIpc) is 3.25. The topological polar surface area (TPSA) is 92.4 Å². The van der Waals surface area contributed by atoms with Gasteiger partial charge in [-0.2, -0.15) is 4.98 Å². The van der Waals surface area contributed by atoms with Gasteiger partial charge in [0.1, 0.15) is 5.69 Å². The molecule has 9 heteroatoms. The van der Waals surface area contributed by atoms with Crippen molar-refractivity contribution in [2.45, 2.75) is 30.2 Å². The number of pyridine rings is 1. The van der Waals surface area contributed by atoms with Crippen LogP contribution in [0.5, 0.6) is 0 Å². The standard InChI is InChI=1S/C21H25N5O3S/c1-25(2)30(27,28)18-7-5-6-16(14-18)15-26-12-9-17(10-13-26)21-23-20(24-29-21)19-8-3-4-11-22-19/h3-8,11,14,17H,9-10,12-13,15H2,1-2H3. The van der Waals surface area contributed by atoms with Crippen LogP contribution in [0.25, 0.3) is 11.5 Å². The van der Waals surface area contributed by atoms with Crippen molar-refractivity contribution >= 4 is 10.0 Å². The summed E-state index contributed by atoms with van der Waals surface area (Å²) in [6.45, 7) is 2.49. The molecule has 0 atom stereocenters. The molecule has 0 unspecified atom stereocenters. The van der Waals surface area contributed by atoms with Crippen molar-refractivity contribution in [3.05, 3.63) is 60.1 Å². The zero-order valence-electron chi connectivity index (χ0n) is 17.1. The van der Waals surface area contributed by atoms with E-state index < -0.39 is 10.0 Å². The Balaban J connectivity index is 1.37. The van der Waals surface area contributed by atoms with E-state index in [2.05, 4.69) is 20.0 Å². The normalized spacial score (nSPS) is 16.2. The van der Waals surface area contributed by atoms with Crippen molar-refractivity contribution in [2.75, 3.05) is 27.2 Å². The van der Waals surface area contributed by atoms with E-state index in [0.29, 0.717) is 28.8 Å². The molecule has 30 heavy (non-hydrogen) atoms. The zero-order valence-corrected chi connectivity index (χ0v) is 17.9. The van der Waals surface area contributed by atoms with Crippen molar-refractivity contribution in [1.82, 2.24) is 24.3 Å². The third-order valence-electron chi connectivity index (χ3n) is 5.36. The molecule has 0 amide bonds. The van der Waals surface area contributed by atoms with E-state index >= 15 is 0 Å². The van der Waals surface area contributed by atoms with E-state index in [4.69, 9.17) is 4.52 Å². The molecule has 0 bridgehead atoms. The maximum absolute atomic E-state index is 12.4. The molecular weight excluding hydrogens is 402 g/mol. The molecule has 1 aromatic carbocycles. The van der Waals surface area contributed by atoms with Gasteiger partial charge in [0.25, 0.3) is 0 Å². The lowest BCUT2D eigenvalue weighted by atomic mass is 9.96. The molecular formula is C21H25N5O3S. The first-order valence-electron chi connectivity index (χ1n) is 9.92. The first kappa shape index (κ1) is 20.6. The van der Waals surface area contributed by atoms with Crippen LogP contribution in [0.4, 0.5) is 0 Å². The van der Waals surface area contributed by atoms with Crippen LogP contribution < -0.4 is 0 Å². The number of hydrogen-bond acceptors (Lipinski definition) is 7. The van der Waals surface area contributed by atoms with E-state index in [1.807, 2.05) is 24.3 Å². The van der Waals surface area contributed by atoms with Crippen molar-refractivity contribution in [3.8, 4) is 11.5 Å². The molecule has 0 spiro atoms. The number of sulfonamides is 1. The Hall–Kier alpha value is -2.62. The summed E-state index contributed by atoms with van der Waals surface area (Å²) in [7, 11) is -0.333. The maximum Gasteiger partial charge on any atom is 0.242 e. The van der Waals surface area contributed by atoms with Crippen LogP contribution in [0.2, 0.25) is 0 Å². The number of nitrogens with zero attached hydrogens (tertiary/aromatic N) is 5. The third kappa shape index (κ3) is 4.43. The van der Waals surface area contributed by atoms with E-state index in [1.54, 1.807) is 38.5 Å². The number of likely N-dealkylation sites (tertiary alicyclic amines) is 1. The lowest BCUT2D eigenvalue weighted by molar-refractivity contribution is 0.187. The van der Waals surface area contributed by atoms with Crippen molar-refractivity contribution in [3.63, 3.8) is 0 Å². The van der Waals surface area contributed by atoms with Gasteiger partial charge in [0, 0.05) is 32.8 Å². The molecule has 158 valence electrons. The summed E-state index contributed by atoms with van der Waals surface area (Å²) in [5.41, 5.74) is 1.70. The molecule has 0 saturated carbocycles. The predicted octanol–water partition coefficient (Wildman–Crippen LogP) is 2.76. The largest absolute Gasteiger partial charge is 0.339 e. The van der Waals surface area contributed by atoms with Gasteiger partial charge >= 0.3 is 0 Å². The van der Waals surface area contributed by atoms with Gasteiger partial charge in [-0.25, -0.2) is 12.7 Å². The molecule has 1 saturated heterocycles. The second kappa shape index (κ2) is 8.63. The Kier molecular flexibility index (Phi) is 5.94. The maximum atomic E-state index is 12.4. The average molecular weight is 428 g/mol. The van der Waals surface area contributed by atoms with E-state index in [1.165, 1.54) is 4.31 Å². The minimum absolute atomic E-state index is 0.228. The van der Waals surface area contributed by atoms with Crippen LogP contribution >= 0.6 is 0 Å². The SMILES string of the molecule is CN(C)S(=O)(=O)c1cccc(CN2CCC(c3nc(-c4ccccn4)no3)CC2)c1. The van der Waals surface area contributed by atoms with E-state index in [0.717, 1.165) is 31.5 Å². The minimum Gasteiger partial charge on any atom is -0.339 e. The monoisotopic (exact) mass is 427 g/mol. The van der Waals surface area contributed by atoms with Crippen molar-refractivity contribution in [2.24, 2.45) is 0 Å². The fourth-order valence-electron chi connectivity index (χ4n) is 3.61. The molecule has 1 aliphatic heterocycles. The first-order valence-corrected chi connectivity index (χ1v) is 11.4. The highest BCUT2D eigenvalue weighted by Gasteiger charge is 2.26. The minimum atomic E-state index is -3.42. The quantitative estimate of drug-likeness (QED) is 0.597. The molecule has 0 N–H and O–H groups in total. The molecule has 2 aromatic heterocycles. The Bertz CT molecular complexity index is 1090. The predicted molar refractivity (Wildman–Crippen MR) is 112 cm³/mol. The summed E-state index contributed by atoms with van der Waals surface area (Å²) in [4.78, 5) is 11.5. The fraction of sp³-hybridized carbons (Fsp3) is 0.381. The molecule has 0 radical (unpaired) electrons. The van der Waals surface area contributed by atoms with Crippen LogP contribution in [0.1, 0.15) is 30.2 Å². The van der Waals surface area contributed by atoms with Crippen LogP contribution in [0, 0.1) is 0 Å². The Morgan fingerprint density at radius 3 is 2.63 bits per heavy atom. The molecule has 1 fully saturated rings. The van der Waals surface area contributed by atoms with Crippen LogP contribution in [0.15, 0.2) is 58.1 Å². The molecule has 3 heterocycles. The van der Waals surface area contributed by atoms with Crippen LogP contribution in [-0.4, -0.2) is 59.9 Å². The van der Waals surface area contributed by atoms with Gasteiger partial charge in [-0.3, -0.25) is 9.88 Å². The summed E-state index contributed by atoms with van der Waals surface area (Å²) < 4.78 is 31.5. The van der Waals surface area contributed by atoms with Gasteiger partial charge in [-0.1, -0.05) is 23.4 Å². The van der Waals surface area contributed by atoms with Gasteiger partial charge in [0.15, 0.2) is 0 Å². The van der Waals surface area contributed by atoms with Gasteiger partial charge in [-0.05, 0) is 55.8 Å². The highest BCUT2D eigenvalue weighted by molar-refractivity contribution is 7.89. The van der Waals surface area contributed by atoms with Crippen molar-refractivity contribution < 1.29 is 12.9 Å². The summed E-state index contributed by atoms with van der Waals surface area (Å²) >= 11 is 0. The number of piperidine rings is 1. The third-order valence-corrected chi connectivity index (χ3v) is 7.17. The highest BCUT2D eigenvalue weighted by Crippen LogP contribution is 2.29. The van der Waals surface area contributed by atoms with Gasteiger partial charge in [-0.15, -0.1) is 0 Å². The van der Waals surface area contributed by atoms with E-state index in [-0.39, 0.29) is 5.92 Å². The number of benzene rings is 1. The van der Waals surface area contributed by atoms with Gasteiger partial charge < -0.3 is 4.52 Å². The Morgan fingerprint density at radius 1 is 1.13 bits per heavy atom. The lowest BCUT2D eigenvalue weighted by Gasteiger charge is -2.30. The molecule has 8 nitrogen and oxygen atoms in total. The summed E-state index contributed by atoms with van der Waals surface area (Å²) in [5, 5.41) is 4.07. The fourth-order valence-corrected chi connectivity index (χ4v) is 4.58. The lowest BCUT2D eigenvalue weighted by Crippen LogP contribution is -2.32. The van der Waals surface area contributed by atoms with E-state index in [9.17, 15) is 8.42 Å². The Morgan fingerprint density at radius 2 is 1.93 bits per heavy atom. The van der Waals surface area contributed by atoms with Crippen LogP contribution in [0.3, 0.4) is 0 Å². The molecule has 3 aromatic rings. The number of rotatable bonds is 6. The number of hydrogen-bond donors (Lipinski definition) is 0. The van der Waals surface area contributed by atoms with Crippen molar-refractivity contribution in [1.29, 1.82) is 0 Å². The second-order valence-electron chi connectivity index (χ2n) is 7.66. The smallest absolute Gasteiger partial charge is 0.242 e. The molecule has 4 rings (SSSR count). The second-order valence-corrected chi connectivity index (χ2v) is 9.81. The van der Waals surface area contributed by atoms with Gasteiger partial charge in [0.2, 0.25) is 21.7 Å². The summed E-state index contributed by atoms with van der Waals surface area (Å²) in [6, 6.07) is 12.8. The van der Waals surface area contributed by atoms with Crippen LogP contribution in [-0.2, 0) is 16.6 Å². The Labute approximate surface area is 176 Å².